The number of benzene rings is 2. The Bertz CT molecular complexity index is 863. The minimum absolute atomic E-state index is 0. The molecule has 0 atom stereocenters. The van der Waals surface area contributed by atoms with Gasteiger partial charge in [-0.15, -0.1) is 17.2 Å². The Labute approximate surface area is 176 Å². The van der Waals surface area contributed by atoms with Gasteiger partial charge in [0.15, 0.2) is 0 Å². The van der Waals surface area contributed by atoms with Gasteiger partial charge in [-0.05, 0) is 61.3 Å². The van der Waals surface area contributed by atoms with Gasteiger partial charge in [0.05, 0.1) is 7.11 Å². The number of aryl methyl sites for hydroxylation is 2. The molecule has 0 unspecified atom stereocenters. The summed E-state index contributed by atoms with van der Waals surface area (Å²) in [6, 6.07) is 10.4. The molecule has 0 fully saturated rings. The predicted octanol–water partition coefficient (Wildman–Crippen LogP) is 3.35. The smallest absolute Gasteiger partial charge is 0.522 e. The molecule has 0 saturated carbocycles. The average molecular weight is 352 g/mol. The van der Waals surface area contributed by atoms with Gasteiger partial charge in [0.25, 0.3) is 0 Å². The van der Waals surface area contributed by atoms with E-state index in [1.807, 2.05) is 0 Å². The average Bonchev–Trinajstić information content (AvgIpc) is 3.03. The molecular formula is C25H29LiO. The number of methoxy groups -OCH3 is 1. The molecule has 27 heavy (non-hydrogen) atoms. The summed E-state index contributed by atoms with van der Waals surface area (Å²) >= 11 is 0. The monoisotopic (exact) mass is 352 g/mol. The maximum Gasteiger partial charge on any atom is 1.00 e. The van der Waals surface area contributed by atoms with Crippen molar-refractivity contribution in [2.75, 3.05) is 7.11 Å². The Morgan fingerprint density at radius 3 is 2.70 bits per heavy atom. The first-order valence-electron chi connectivity index (χ1n) is 10.1. The van der Waals surface area contributed by atoms with Crippen LogP contribution in [0.25, 0.3) is 17.2 Å². The number of ether oxygens (including phenoxy) is 1. The maximum absolute atomic E-state index is 5.59. The normalized spacial score (nSPS) is 14.9. The third-order valence-electron chi connectivity index (χ3n) is 5.92. The number of hydrogen-bond donors (Lipinski definition) is 0. The summed E-state index contributed by atoms with van der Waals surface area (Å²) < 4.78 is 5.59. The van der Waals surface area contributed by atoms with Crippen LogP contribution in [0.15, 0.2) is 23.8 Å². The molecule has 0 saturated heterocycles. The van der Waals surface area contributed by atoms with Crippen LogP contribution in [0.1, 0.15) is 67.3 Å². The summed E-state index contributed by atoms with van der Waals surface area (Å²) in [6.07, 6.45) is 12.0. The zero-order valence-electron chi connectivity index (χ0n) is 17.4. The van der Waals surface area contributed by atoms with E-state index < -0.39 is 0 Å². The summed E-state index contributed by atoms with van der Waals surface area (Å²) in [4.78, 5) is 0. The van der Waals surface area contributed by atoms with Crippen molar-refractivity contribution in [1.82, 2.24) is 0 Å². The molecule has 1 nitrogen and oxygen atoms in total. The minimum Gasteiger partial charge on any atom is -0.522 e. The molecule has 2 aliphatic rings. The van der Waals surface area contributed by atoms with Crippen molar-refractivity contribution in [3.63, 3.8) is 0 Å². The van der Waals surface area contributed by atoms with Crippen LogP contribution in [0, 0.1) is 6.07 Å². The van der Waals surface area contributed by atoms with Crippen molar-refractivity contribution in [2.24, 2.45) is 0 Å². The van der Waals surface area contributed by atoms with Crippen molar-refractivity contribution in [1.29, 1.82) is 0 Å². The third-order valence-corrected chi connectivity index (χ3v) is 5.92. The van der Waals surface area contributed by atoms with E-state index in [4.69, 9.17) is 4.74 Å². The molecule has 0 aliphatic heterocycles. The fraction of sp³-hybridized carbons (Fsp3) is 0.440. The number of unbranched alkanes of at least 4 members (excludes halogenated alkanes) is 1. The van der Waals surface area contributed by atoms with Crippen LogP contribution in [0.4, 0.5) is 0 Å². The molecule has 0 radical (unpaired) electrons. The molecule has 0 N–H and O–H groups in total. The van der Waals surface area contributed by atoms with Crippen LogP contribution < -0.4 is 23.6 Å². The topological polar surface area (TPSA) is 9.23 Å². The Hall–Kier alpha value is -1.42. The molecule has 0 spiro atoms. The van der Waals surface area contributed by atoms with E-state index in [1.54, 1.807) is 18.2 Å². The standard InChI is InChI=1S/C25H29O.Li/c1-4-5-8-19-16-20(11-12-24(19)26-3)25-22-10-7-6-9-18(22)15-21-13-17(2)14-23(21)25;/h11,13,15-16H,4-10,14H2,1-3H3;/q-1;+1. The van der Waals surface area contributed by atoms with Crippen molar-refractivity contribution >= 4 is 6.08 Å². The number of fused-ring (bicyclic) bond motifs is 2. The first-order chi connectivity index (χ1) is 12.7. The van der Waals surface area contributed by atoms with E-state index in [9.17, 15) is 0 Å². The number of allylic oxidation sites excluding steroid dienone is 1. The number of hydrogen-bond acceptors (Lipinski definition) is 1. The van der Waals surface area contributed by atoms with Crippen LogP contribution in [0.3, 0.4) is 0 Å². The van der Waals surface area contributed by atoms with Gasteiger partial charge in [-0.1, -0.05) is 49.5 Å². The molecule has 0 bridgehead atoms. The van der Waals surface area contributed by atoms with Gasteiger partial charge in [0, 0.05) is 5.75 Å². The molecule has 4 rings (SSSR count). The Morgan fingerprint density at radius 2 is 1.93 bits per heavy atom. The summed E-state index contributed by atoms with van der Waals surface area (Å²) in [5.41, 5.74) is 11.8. The van der Waals surface area contributed by atoms with Gasteiger partial charge in [-0.25, -0.2) is 0 Å². The van der Waals surface area contributed by atoms with E-state index in [0.29, 0.717) is 0 Å². The Balaban J connectivity index is 0.00000210. The summed E-state index contributed by atoms with van der Waals surface area (Å²) in [5.74, 6) is 0.915. The summed E-state index contributed by atoms with van der Waals surface area (Å²) in [5, 5.41) is 0. The molecule has 136 valence electrons. The first-order valence-corrected chi connectivity index (χ1v) is 10.1. The second-order valence-corrected chi connectivity index (χ2v) is 7.88. The van der Waals surface area contributed by atoms with Crippen molar-refractivity contribution in [2.45, 2.75) is 65.2 Å². The largest absolute Gasteiger partial charge is 1.00 e. The van der Waals surface area contributed by atoms with Crippen molar-refractivity contribution in [3.05, 3.63) is 57.7 Å². The molecule has 0 aromatic heterocycles. The molecule has 2 aromatic rings. The first kappa shape index (κ1) is 20.3. The quantitative estimate of drug-likeness (QED) is 0.592. The molecule has 0 heterocycles. The van der Waals surface area contributed by atoms with E-state index in [1.165, 1.54) is 71.9 Å². The fourth-order valence-electron chi connectivity index (χ4n) is 4.66. The summed E-state index contributed by atoms with van der Waals surface area (Å²) in [6.45, 7) is 4.50. The van der Waals surface area contributed by atoms with Gasteiger partial charge in [0.2, 0.25) is 0 Å². The molecule has 2 aromatic carbocycles. The van der Waals surface area contributed by atoms with Crippen LogP contribution in [0.5, 0.6) is 5.75 Å². The molecular weight excluding hydrogens is 323 g/mol. The van der Waals surface area contributed by atoms with Crippen molar-refractivity contribution in [3.8, 4) is 16.9 Å². The SMILES string of the molecule is CCCCc1cc(-c2c3c(cc4c2CCCC4)C=C(C)C3)c[c-]c1OC.[Li+]. The van der Waals surface area contributed by atoms with E-state index in [0.717, 1.165) is 18.6 Å². The van der Waals surface area contributed by atoms with Gasteiger partial charge in [-0.3, -0.25) is 0 Å². The zero-order chi connectivity index (χ0) is 18.1. The molecule has 2 heteroatoms. The second kappa shape index (κ2) is 8.72. The van der Waals surface area contributed by atoms with E-state index in [2.05, 4.69) is 44.2 Å². The Kier molecular flexibility index (Phi) is 6.56. The van der Waals surface area contributed by atoms with E-state index >= 15 is 0 Å². The minimum atomic E-state index is 0. The maximum atomic E-state index is 5.59. The van der Waals surface area contributed by atoms with E-state index in [-0.39, 0.29) is 18.9 Å². The van der Waals surface area contributed by atoms with Gasteiger partial charge in [0.1, 0.15) is 0 Å². The third kappa shape index (κ3) is 3.91. The van der Waals surface area contributed by atoms with Crippen LogP contribution in [0.2, 0.25) is 0 Å². The molecule has 0 amide bonds. The zero-order valence-corrected chi connectivity index (χ0v) is 17.4. The van der Waals surface area contributed by atoms with Crippen LogP contribution >= 0.6 is 0 Å². The van der Waals surface area contributed by atoms with Gasteiger partial charge >= 0.3 is 18.9 Å². The fourth-order valence-corrected chi connectivity index (χ4v) is 4.66. The summed E-state index contributed by atoms with van der Waals surface area (Å²) in [7, 11) is 1.76. The van der Waals surface area contributed by atoms with Crippen molar-refractivity contribution < 1.29 is 23.6 Å². The number of rotatable bonds is 5. The Morgan fingerprint density at radius 1 is 1.11 bits per heavy atom. The second-order valence-electron chi connectivity index (χ2n) is 7.88. The molecule has 2 aliphatic carbocycles. The van der Waals surface area contributed by atoms with Gasteiger partial charge < -0.3 is 4.74 Å². The van der Waals surface area contributed by atoms with Crippen LogP contribution in [-0.2, 0) is 25.7 Å². The van der Waals surface area contributed by atoms with Crippen LogP contribution in [-0.4, -0.2) is 7.11 Å². The predicted molar refractivity (Wildman–Crippen MR) is 110 cm³/mol. The van der Waals surface area contributed by atoms with Gasteiger partial charge in [-0.2, -0.15) is 12.1 Å².